The maximum Gasteiger partial charge on any atom is 0.123 e. The van der Waals surface area contributed by atoms with E-state index in [-0.39, 0.29) is 5.82 Å². The maximum absolute atomic E-state index is 12.8. The zero-order chi connectivity index (χ0) is 12.3. The Labute approximate surface area is 103 Å². The Hall–Kier alpha value is -0.930. The third-order valence-electron chi connectivity index (χ3n) is 3.59. The summed E-state index contributed by atoms with van der Waals surface area (Å²) >= 11 is 0. The molecule has 1 aliphatic rings. The molecule has 0 saturated carbocycles. The van der Waals surface area contributed by atoms with Crippen molar-refractivity contribution < 1.29 is 4.39 Å². The molecule has 1 aliphatic heterocycles. The van der Waals surface area contributed by atoms with Crippen LogP contribution in [-0.2, 0) is 6.54 Å². The lowest BCUT2D eigenvalue weighted by molar-refractivity contribution is 0.174. The lowest BCUT2D eigenvalue weighted by Crippen LogP contribution is -2.46. The molecule has 0 bridgehead atoms. The van der Waals surface area contributed by atoms with E-state index in [0.29, 0.717) is 12.0 Å². The van der Waals surface area contributed by atoms with Crippen LogP contribution in [0.15, 0.2) is 24.3 Å². The van der Waals surface area contributed by atoms with E-state index in [0.717, 1.165) is 25.2 Å². The molecular formula is C14H21FN2. The van der Waals surface area contributed by atoms with Crippen LogP contribution in [0.1, 0.15) is 18.9 Å². The maximum atomic E-state index is 12.8. The average molecular weight is 236 g/mol. The molecule has 17 heavy (non-hydrogen) atoms. The molecule has 0 radical (unpaired) electrons. The third kappa shape index (κ3) is 3.51. The van der Waals surface area contributed by atoms with Gasteiger partial charge in [-0.2, -0.15) is 0 Å². The van der Waals surface area contributed by atoms with Gasteiger partial charge in [-0.3, -0.25) is 0 Å². The predicted octanol–water partition coefficient (Wildman–Crippen LogP) is 2.26. The first-order valence-corrected chi connectivity index (χ1v) is 6.31. The first-order chi connectivity index (χ1) is 8.15. The lowest BCUT2D eigenvalue weighted by atomic mass is 9.94. The van der Waals surface area contributed by atoms with Gasteiger partial charge in [0, 0.05) is 19.1 Å². The summed E-state index contributed by atoms with van der Waals surface area (Å²) in [5, 5.41) is 3.58. The number of nitrogens with zero attached hydrogens (tertiary/aromatic N) is 1. The summed E-state index contributed by atoms with van der Waals surface area (Å²) in [6.45, 7) is 5.43. The van der Waals surface area contributed by atoms with Crippen molar-refractivity contribution in [3.8, 4) is 0 Å². The normalized spacial score (nSPS) is 26.1. The number of hydrogen-bond acceptors (Lipinski definition) is 2. The van der Waals surface area contributed by atoms with Crippen molar-refractivity contribution in [1.29, 1.82) is 0 Å². The van der Waals surface area contributed by atoms with Gasteiger partial charge in [0.25, 0.3) is 0 Å². The molecule has 0 unspecified atom stereocenters. The molecule has 1 N–H and O–H groups in total. The zero-order valence-corrected chi connectivity index (χ0v) is 10.6. The standard InChI is InChI=1S/C14H21FN2/c1-11-10-17(2)8-7-14(11)16-9-12-3-5-13(15)6-4-12/h3-6,11,14,16H,7-10H2,1-2H3/t11-,14+/m0/s1. The van der Waals surface area contributed by atoms with Crippen LogP contribution in [0.4, 0.5) is 4.39 Å². The van der Waals surface area contributed by atoms with E-state index >= 15 is 0 Å². The van der Waals surface area contributed by atoms with Gasteiger partial charge in [-0.05, 0) is 43.6 Å². The highest BCUT2D eigenvalue weighted by atomic mass is 19.1. The fourth-order valence-corrected chi connectivity index (χ4v) is 2.51. The van der Waals surface area contributed by atoms with Gasteiger partial charge in [-0.15, -0.1) is 0 Å². The summed E-state index contributed by atoms with van der Waals surface area (Å²) in [6.07, 6.45) is 1.19. The van der Waals surface area contributed by atoms with Gasteiger partial charge in [0.15, 0.2) is 0 Å². The summed E-state index contributed by atoms with van der Waals surface area (Å²) in [5.74, 6) is 0.510. The summed E-state index contributed by atoms with van der Waals surface area (Å²) in [4.78, 5) is 2.38. The van der Waals surface area contributed by atoms with Gasteiger partial charge in [-0.25, -0.2) is 4.39 Å². The summed E-state index contributed by atoms with van der Waals surface area (Å²) in [5.41, 5.74) is 1.15. The number of halogens is 1. The molecule has 0 aromatic heterocycles. The van der Waals surface area contributed by atoms with Crippen LogP contribution in [-0.4, -0.2) is 31.1 Å². The third-order valence-corrected chi connectivity index (χ3v) is 3.59. The first kappa shape index (κ1) is 12.5. The molecule has 3 heteroatoms. The van der Waals surface area contributed by atoms with Gasteiger partial charge < -0.3 is 10.2 Å². The Balaban J connectivity index is 1.83. The molecule has 1 heterocycles. The number of nitrogens with one attached hydrogen (secondary N) is 1. The summed E-state index contributed by atoms with van der Waals surface area (Å²) < 4.78 is 12.8. The Morgan fingerprint density at radius 2 is 2.06 bits per heavy atom. The molecule has 2 rings (SSSR count). The highest BCUT2D eigenvalue weighted by molar-refractivity contribution is 5.15. The Kier molecular flexibility index (Phi) is 4.13. The van der Waals surface area contributed by atoms with Crippen LogP contribution in [0.2, 0.25) is 0 Å². The van der Waals surface area contributed by atoms with E-state index in [1.807, 2.05) is 12.1 Å². The number of rotatable bonds is 3. The molecular weight excluding hydrogens is 215 g/mol. The van der Waals surface area contributed by atoms with E-state index in [2.05, 4.69) is 24.2 Å². The minimum absolute atomic E-state index is 0.165. The van der Waals surface area contributed by atoms with E-state index in [1.165, 1.54) is 18.6 Å². The van der Waals surface area contributed by atoms with Crippen LogP contribution in [0, 0.1) is 11.7 Å². The highest BCUT2D eigenvalue weighted by Gasteiger charge is 2.23. The van der Waals surface area contributed by atoms with Crippen LogP contribution < -0.4 is 5.32 Å². The monoisotopic (exact) mass is 236 g/mol. The van der Waals surface area contributed by atoms with Crippen molar-refractivity contribution in [2.45, 2.75) is 25.9 Å². The second-order valence-electron chi connectivity index (χ2n) is 5.14. The van der Waals surface area contributed by atoms with Crippen LogP contribution in [0.25, 0.3) is 0 Å². The Morgan fingerprint density at radius 3 is 2.71 bits per heavy atom. The quantitative estimate of drug-likeness (QED) is 0.866. The molecule has 0 aliphatic carbocycles. The number of hydrogen-bond donors (Lipinski definition) is 1. The van der Waals surface area contributed by atoms with Gasteiger partial charge in [0.1, 0.15) is 5.82 Å². The van der Waals surface area contributed by atoms with Crippen molar-refractivity contribution in [3.63, 3.8) is 0 Å². The molecule has 1 aromatic carbocycles. The molecule has 1 fully saturated rings. The fourth-order valence-electron chi connectivity index (χ4n) is 2.51. The van der Waals surface area contributed by atoms with Crippen molar-refractivity contribution in [2.75, 3.05) is 20.1 Å². The highest BCUT2D eigenvalue weighted by Crippen LogP contribution is 2.16. The molecule has 0 spiro atoms. The van der Waals surface area contributed by atoms with Crippen molar-refractivity contribution in [2.24, 2.45) is 5.92 Å². The molecule has 94 valence electrons. The minimum atomic E-state index is -0.165. The van der Waals surface area contributed by atoms with Crippen molar-refractivity contribution in [3.05, 3.63) is 35.6 Å². The largest absolute Gasteiger partial charge is 0.310 e. The predicted molar refractivity (Wildman–Crippen MR) is 68.3 cm³/mol. The first-order valence-electron chi connectivity index (χ1n) is 6.31. The minimum Gasteiger partial charge on any atom is -0.310 e. The van der Waals surface area contributed by atoms with Gasteiger partial charge in [-0.1, -0.05) is 19.1 Å². The van der Waals surface area contributed by atoms with Crippen molar-refractivity contribution >= 4 is 0 Å². The molecule has 0 amide bonds. The Morgan fingerprint density at radius 1 is 1.35 bits per heavy atom. The molecule has 2 atom stereocenters. The average Bonchev–Trinajstić information content (AvgIpc) is 2.30. The SMILES string of the molecule is C[C@H]1CN(C)CC[C@H]1NCc1ccc(F)cc1. The van der Waals surface area contributed by atoms with Gasteiger partial charge in [0.05, 0.1) is 0 Å². The summed E-state index contributed by atoms with van der Waals surface area (Å²) in [6, 6.07) is 7.32. The zero-order valence-electron chi connectivity index (χ0n) is 10.6. The topological polar surface area (TPSA) is 15.3 Å². The number of benzene rings is 1. The fraction of sp³-hybridized carbons (Fsp3) is 0.571. The number of likely N-dealkylation sites (tertiary alicyclic amines) is 1. The van der Waals surface area contributed by atoms with Crippen LogP contribution in [0.3, 0.4) is 0 Å². The Bertz CT molecular complexity index is 350. The van der Waals surface area contributed by atoms with E-state index in [4.69, 9.17) is 0 Å². The van der Waals surface area contributed by atoms with E-state index < -0.39 is 0 Å². The van der Waals surface area contributed by atoms with Gasteiger partial charge in [0.2, 0.25) is 0 Å². The van der Waals surface area contributed by atoms with Gasteiger partial charge >= 0.3 is 0 Å². The van der Waals surface area contributed by atoms with Crippen LogP contribution >= 0.6 is 0 Å². The smallest absolute Gasteiger partial charge is 0.123 e. The second kappa shape index (κ2) is 5.61. The summed E-state index contributed by atoms with van der Waals surface area (Å²) in [7, 11) is 2.17. The van der Waals surface area contributed by atoms with Crippen molar-refractivity contribution in [1.82, 2.24) is 10.2 Å². The lowest BCUT2D eigenvalue weighted by Gasteiger charge is -2.35. The number of piperidine rings is 1. The van der Waals surface area contributed by atoms with E-state index in [1.54, 1.807) is 0 Å². The molecule has 1 saturated heterocycles. The molecule has 1 aromatic rings. The second-order valence-corrected chi connectivity index (χ2v) is 5.14. The molecule has 2 nitrogen and oxygen atoms in total. The van der Waals surface area contributed by atoms with E-state index in [9.17, 15) is 4.39 Å². The van der Waals surface area contributed by atoms with Crippen LogP contribution in [0.5, 0.6) is 0 Å².